The summed E-state index contributed by atoms with van der Waals surface area (Å²) in [4.78, 5) is 35.9. The average Bonchev–Trinajstić information content (AvgIpc) is 2.94. The maximum absolute atomic E-state index is 14.7. The van der Waals surface area contributed by atoms with E-state index in [1.165, 1.54) is 16.7 Å². The molecular weight excluding hydrogens is 403 g/mol. The number of carbonyl (C=O) groups excluding carboxylic acids is 2. The number of nitrogens with zero attached hydrogens (tertiary/aromatic N) is 1. The monoisotopic (exact) mass is 418 g/mol. The predicted molar refractivity (Wildman–Crippen MR) is 104 cm³/mol. The number of carbonyl (C=O) groups is 3. The molecule has 3 N–H and O–H groups in total. The molecule has 1 aromatic heterocycles. The van der Waals surface area contributed by atoms with Gasteiger partial charge in [0, 0.05) is 21.7 Å². The number of nitrogens with one attached hydrogen (secondary N) is 1. The Balaban J connectivity index is 2.15. The molecule has 0 radical (unpaired) electrons. The highest BCUT2D eigenvalue weighted by molar-refractivity contribution is 6.31. The van der Waals surface area contributed by atoms with E-state index in [2.05, 4.69) is 5.32 Å². The maximum atomic E-state index is 14.7. The van der Waals surface area contributed by atoms with Crippen LogP contribution in [0, 0.1) is 12.7 Å². The molecular formula is C20H16ClFN2O5. The molecule has 0 unspecified atom stereocenters. The van der Waals surface area contributed by atoms with Crippen LogP contribution in [-0.4, -0.2) is 39.1 Å². The van der Waals surface area contributed by atoms with Crippen molar-refractivity contribution in [1.29, 1.82) is 0 Å². The molecule has 3 aromatic rings. The van der Waals surface area contributed by atoms with Crippen LogP contribution in [0.1, 0.15) is 21.6 Å². The fraction of sp³-hybridized carbons (Fsp3) is 0.150. The number of hydrogen-bond acceptors (Lipinski definition) is 4. The van der Waals surface area contributed by atoms with Crippen molar-refractivity contribution >= 4 is 40.3 Å². The van der Waals surface area contributed by atoms with Gasteiger partial charge in [-0.1, -0.05) is 17.7 Å². The van der Waals surface area contributed by atoms with Gasteiger partial charge in [-0.15, -0.1) is 0 Å². The minimum Gasteiger partial charge on any atom is -0.505 e. The predicted octanol–water partition coefficient (Wildman–Crippen LogP) is 2.88. The van der Waals surface area contributed by atoms with Crippen LogP contribution in [0.3, 0.4) is 0 Å². The minimum absolute atomic E-state index is 0.0802. The number of rotatable bonds is 5. The number of phenolic OH excluding ortho intramolecular Hbond substituents is 1. The molecule has 0 bridgehead atoms. The van der Waals surface area contributed by atoms with E-state index in [9.17, 15) is 23.9 Å². The van der Waals surface area contributed by atoms with Crippen LogP contribution >= 0.6 is 11.6 Å². The molecule has 0 spiro atoms. The number of aliphatic carboxylic acids is 1. The fourth-order valence-electron chi connectivity index (χ4n) is 3.15. The lowest BCUT2D eigenvalue weighted by Gasteiger charge is -2.08. The second kappa shape index (κ2) is 7.92. The van der Waals surface area contributed by atoms with E-state index >= 15 is 0 Å². The molecule has 0 saturated heterocycles. The van der Waals surface area contributed by atoms with Crippen molar-refractivity contribution in [3.05, 3.63) is 64.1 Å². The first kappa shape index (κ1) is 20.3. The second-order valence-electron chi connectivity index (χ2n) is 6.35. The number of aromatic hydroxyl groups is 1. The summed E-state index contributed by atoms with van der Waals surface area (Å²) in [5.74, 6) is -3.97. The first-order valence-electron chi connectivity index (χ1n) is 8.50. The molecule has 0 aliphatic heterocycles. The quantitative estimate of drug-likeness (QED) is 0.590. The number of carboxylic acid groups (broad SMARTS) is 1. The lowest BCUT2D eigenvalue weighted by molar-refractivity contribution is -0.137. The summed E-state index contributed by atoms with van der Waals surface area (Å²) in [5.41, 5.74) is 0.892. The molecule has 9 heteroatoms. The Kier molecular flexibility index (Phi) is 5.56. The Labute approximate surface area is 169 Å². The highest BCUT2D eigenvalue weighted by atomic mass is 35.5. The first-order valence-corrected chi connectivity index (χ1v) is 8.88. The molecule has 1 amide bonds. The van der Waals surface area contributed by atoms with Crippen molar-refractivity contribution in [2.24, 2.45) is 0 Å². The molecule has 29 heavy (non-hydrogen) atoms. The minimum atomic E-state index is -1.22. The highest BCUT2D eigenvalue weighted by Crippen LogP contribution is 2.33. The van der Waals surface area contributed by atoms with Crippen LogP contribution in [0.15, 0.2) is 36.4 Å². The molecule has 150 valence electrons. The van der Waals surface area contributed by atoms with Crippen molar-refractivity contribution in [1.82, 2.24) is 9.88 Å². The van der Waals surface area contributed by atoms with Crippen molar-refractivity contribution < 1.29 is 29.0 Å². The van der Waals surface area contributed by atoms with E-state index in [4.69, 9.17) is 16.7 Å². The summed E-state index contributed by atoms with van der Waals surface area (Å²) in [5, 5.41) is 20.9. The van der Waals surface area contributed by atoms with Gasteiger partial charge in [0.25, 0.3) is 5.91 Å². The number of hydrogen-bond donors (Lipinski definition) is 3. The van der Waals surface area contributed by atoms with Crippen molar-refractivity contribution in [3.8, 4) is 5.75 Å². The van der Waals surface area contributed by atoms with Crippen LogP contribution in [0.5, 0.6) is 5.75 Å². The SMILES string of the molecule is Cc1c(CC(=O)NCC(=O)O)c2c(F)c(O)ccc2n1C(=O)c1cccc(Cl)c1. The number of aromatic nitrogens is 1. The Morgan fingerprint density at radius 3 is 2.59 bits per heavy atom. The van der Waals surface area contributed by atoms with Gasteiger partial charge in [0.2, 0.25) is 5.91 Å². The number of phenols is 1. The number of benzene rings is 2. The highest BCUT2D eigenvalue weighted by Gasteiger charge is 2.25. The van der Waals surface area contributed by atoms with Crippen LogP contribution < -0.4 is 5.32 Å². The Morgan fingerprint density at radius 2 is 1.93 bits per heavy atom. The fourth-order valence-corrected chi connectivity index (χ4v) is 3.34. The van der Waals surface area contributed by atoms with Crippen molar-refractivity contribution in [3.63, 3.8) is 0 Å². The summed E-state index contributed by atoms with van der Waals surface area (Å²) in [6.45, 7) is 0.949. The normalized spacial score (nSPS) is 10.9. The van der Waals surface area contributed by atoms with Gasteiger partial charge in [0.1, 0.15) is 6.54 Å². The zero-order valence-electron chi connectivity index (χ0n) is 15.2. The lowest BCUT2D eigenvalue weighted by Crippen LogP contribution is -2.30. The van der Waals surface area contributed by atoms with E-state index in [-0.39, 0.29) is 28.5 Å². The summed E-state index contributed by atoms with van der Waals surface area (Å²) in [7, 11) is 0. The third-order valence-corrected chi connectivity index (χ3v) is 4.70. The van der Waals surface area contributed by atoms with Gasteiger partial charge in [0.15, 0.2) is 11.6 Å². The molecule has 2 aromatic carbocycles. The molecule has 0 atom stereocenters. The molecule has 0 fully saturated rings. The smallest absolute Gasteiger partial charge is 0.322 e. The zero-order valence-corrected chi connectivity index (χ0v) is 16.0. The molecule has 3 rings (SSSR count). The molecule has 0 saturated carbocycles. The van der Waals surface area contributed by atoms with Crippen LogP contribution in [0.2, 0.25) is 5.02 Å². The Bertz CT molecular complexity index is 1160. The van der Waals surface area contributed by atoms with Gasteiger partial charge in [-0.05, 0) is 42.8 Å². The van der Waals surface area contributed by atoms with Gasteiger partial charge in [0.05, 0.1) is 11.9 Å². The van der Waals surface area contributed by atoms with E-state index in [1.54, 1.807) is 25.1 Å². The standard InChI is InChI=1S/C20H16ClFN2O5/c1-10-13(8-16(26)23-9-17(27)28)18-14(5-6-15(25)19(18)22)24(10)20(29)11-3-2-4-12(21)7-11/h2-7,25H,8-9H2,1H3,(H,23,26)(H,27,28). The maximum Gasteiger partial charge on any atom is 0.322 e. The van der Waals surface area contributed by atoms with Gasteiger partial charge < -0.3 is 15.5 Å². The zero-order chi connectivity index (χ0) is 21.3. The largest absolute Gasteiger partial charge is 0.505 e. The number of carboxylic acids is 1. The lowest BCUT2D eigenvalue weighted by atomic mass is 10.1. The van der Waals surface area contributed by atoms with Crippen molar-refractivity contribution in [2.75, 3.05) is 6.54 Å². The molecule has 0 aliphatic carbocycles. The topological polar surface area (TPSA) is 109 Å². The second-order valence-corrected chi connectivity index (χ2v) is 6.79. The summed E-state index contributed by atoms with van der Waals surface area (Å²) < 4.78 is 16.0. The molecule has 7 nitrogen and oxygen atoms in total. The van der Waals surface area contributed by atoms with Crippen LogP contribution in [0.25, 0.3) is 10.9 Å². The summed E-state index contributed by atoms with van der Waals surface area (Å²) >= 11 is 5.96. The van der Waals surface area contributed by atoms with Gasteiger partial charge >= 0.3 is 5.97 Å². The Hall–Kier alpha value is -3.39. The number of amides is 1. The first-order chi connectivity index (χ1) is 13.7. The number of fused-ring (bicyclic) bond motifs is 1. The molecule has 1 heterocycles. The summed E-state index contributed by atoms with van der Waals surface area (Å²) in [6, 6.07) is 8.72. The third-order valence-electron chi connectivity index (χ3n) is 4.46. The van der Waals surface area contributed by atoms with E-state index in [1.807, 2.05) is 0 Å². The van der Waals surface area contributed by atoms with E-state index < -0.39 is 35.9 Å². The van der Waals surface area contributed by atoms with Crippen LogP contribution in [-0.2, 0) is 16.0 Å². The Morgan fingerprint density at radius 1 is 1.21 bits per heavy atom. The van der Waals surface area contributed by atoms with Gasteiger partial charge in [-0.3, -0.25) is 19.0 Å². The third kappa shape index (κ3) is 3.93. The van der Waals surface area contributed by atoms with Gasteiger partial charge in [-0.2, -0.15) is 0 Å². The van der Waals surface area contributed by atoms with Crippen molar-refractivity contribution in [2.45, 2.75) is 13.3 Å². The average molecular weight is 419 g/mol. The summed E-state index contributed by atoms with van der Waals surface area (Å²) in [6.07, 6.45) is -0.369. The van der Waals surface area contributed by atoms with Gasteiger partial charge in [-0.25, -0.2) is 4.39 Å². The van der Waals surface area contributed by atoms with E-state index in [0.29, 0.717) is 10.7 Å². The number of halogens is 2. The van der Waals surface area contributed by atoms with E-state index in [0.717, 1.165) is 6.07 Å². The van der Waals surface area contributed by atoms with Crippen LogP contribution in [0.4, 0.5) is 4.39 Å². The molecule has 0 aliphatic rings.